The molecule has 368 valence electrons. The maximum Gasteiger partial charge on any atom is 0.573 e. The van der Waals surface area contributed by atoms with Crippen LogP contribution in [0.15, 0.2) is 136 Å². The highest BCUT2D eigenvalue weighted by atomic mass is 79.9. The number of carbonyl (C=O) groups is 2. The summed E-state index contributed by atoms with van der Waals surface area (Å²) in [7, 11) is 0. The van der Waals surface area contributed by atoms with E-state index >= 15 is 0 Å². The molecule has 0 saturated heterocycles. The van der Waals surface area contributed by atoms with E-state index in [4.69, 9.17) is 9.47 Å². The molecular formula is C45H43BrF9N3O7S3. The number of carbonyl (C=O) groups excluding carboxylic acids is 2. The topological polar surface area (TPSA) is 108 Å². The quantitative estimate of drug-likeness (QED) is 0.0750. The predicted molar refractivity (Wildman–Crippen MR) is 245 cm³/mol. The van der Waals surface area contributed by atoms with Crippen LogP contribution in [0.25, 0.3) is 0 Å². The third kappa shape index (κ3) is 21.5. The molecule has 68 heavy (non-hydrogen) atoms. The van der Waals surface area contributed by atoms with Gasteiger partial charge in [-0.25, -0.2) is 9.59 Å². The molecule has 0 spiro atoms. The van der Waals surface area contributed by atoms with Gasteiger partial charge >= 0.3 is 31.3 Å². The Labute approximate surface area is 408 Å². The van der Waals surface area contributed by atoms with Gasteiger partial charge in [0.2, 0.25) is 0 Å². The first kappa shape index (κ1) is 55.5. The fourth-order valence-electron chi connectivity index (χ4n) is 5.86. The van der Waals surface area contributed by atoms with Gasteiger partial charge in [-0.05, 0) is 82.9 Å². The molecule has 0 radical (unpaired) electrons. The lowest BCUT2D eigenvalue weighted by molar-refractivity contribution is -0.275. The number of halogens is 10. The van der Waals surface area contributed by atoms with Crippen molar-refractivity contribution in [3.05, 3.63) is 144 Å². The number of ether oxygens (including phenoxy) is 5. The molecule has 23 heteroatoms. The summed E-state index contributed by atoms with van der Waals surface area (Å²) in [6, 6.07) is 32.8. The Morgan fingerprint density at radius 2 is 1.13 bits per heavy atom. The van der Waals surface area contributed by atoms with Crippen molar-refractivity contribution >= 4 is 64.5 Å². The Balaban J connectivity index is 0.000000227. The van der Waals surface area contributed by atoms with Crippen LogP contribution in [-0.4, -0.2) is 73.1 Å². The molecule has 0 unspecified atom stereocenters. The van der Waals surface area contributed by atoms with Crippen LogP contribution in [0.1, 0.15) is 22.3 Å². The van der Waals surface area contributed by atoms with Gasteiger partial charge in [0, 0.05) is 58.1 Å². The van der Waals surface area contributed by atoms with Crippen molar-refractivity contribution in [2.24, 2.45) is 0 Å². The van der Waals surface area contributed by atoms with Crippen molar-refractivity contribution < 1.29 is 72.8 Å². The van der Waals surface area contributed by atoms with E-state index in [0.29, 0.717) is 36.7 Å². The van der Waals surface area contributed by atoms with Gasteiger partial charge in [0.25, 0.3) is 0 Å². The van der Waals surface area contributed by atoms with Crippen LogP contribution in [-0.2, 0) is 35.8 Å². The van der Waals surface area contributed by atoms with Crippen LogP contribution in [0.3, 0.4) is 0 Å². The predicted octanol–water partition coefficient (Wildman–Crippen LogP) is 12.8. The SMILES string of the molecule is Br.FC(F)(F)Oc1ccc2c(c1)CNCCS2.O=C(NCCSc1ccc(OC(F)(F)F)cc1)OCc1ccccc1.O=C(OCc1ccccc1)N1CCSc2ccc(OC(F)(F)F)cc2C1. The Kier molecular flexibility index (Phi) is 22.2. The van der Waals surface area contributed by atoms with Gasteiger partial charge in [0.05, 0.1) is 6.54 Å². The van der Waals surface area contributed by atoms with Crippen molar-refractivity contribution in [3.63, 3.8) is 0 Å². The number of hydrogen-bond acceptors (Lipinski definition) is 11. The molecule has 0 aliphatic carbocycles. The van der Waals surface area contributed by atoms with E-state index in [2.05, 4.69) is 24.8 Å². The first-order valence-electron chi connectivity index (χ1n) is 20.0. The van der Waals surface area contributed by atoms with Crippen molar-refractivity contribution in [2.75, 3.05) is 36.9 Å². The second-order valence-electron chi connectivity index (χ2n) is 13.8. The normalized spacial score (nSPS) is 13.4. The average molecular weight is 1080 g/mol. The first-order valence-corrected chi connectivity index (χ1v) is 23.0. The molecule has 0 bridgehead atoms. The molecule has 5 aromatic rings. The highest BCUT2D eigenvalue weighted by Crippen LogP contribution is 2.34. The summed E-state index contributed by atoms with van der Waals surface area (Å²) in [5.74, 6) is 1.39. The minimum absolute atomic E-state index is 0. The molecule has 2 amide bonds. The number of rotatable bonds is 11. The van der Waals surface area contributed by atoms with E-state index in [-0.39, 0.29) is 54.0 Å². The lowest BCUT2D eigenvalue weighted by atomic mass is 10.2. The van der Waals surface area contributed by atoms with Crippen molar-refractivity contribution in [1.82, 2.24) is 15.5 Å². The van der Waals surface area contributed by atoms with Crippen LogP contribution in [0, 0.1) is 0 Å². The van der Waals surface area contributed by atoms with Gasteiger partial charge in [0.1, 0.15) is 30.5 Å². The largest absolute Gasteiger partial charge is 0.573 e. The number of alkyl carbamates (subject to hydrolysis) is 1. The summed E-state index contributed by atoms with van der Waals surface area (Å²) < 4.78 is 131. The molecule has 0 fully saturated rings. The monoisotopic (exact) mass is 1080 g/mol. The van der Waals surface area contributed by atoms with Gasteiger partial charge in [-0.1, -0.05) is 60.7 Å². The summed E-state index contributed by atoms with van der Waals surface area (Å²) in [6.45, 7) is 2.77. The zero-order chi connectivity index (χ0) is 48.3. The summed E-state index contributed by atoms with van der Waals surface area (Å²) in [5.41, 5.74) is 3.22. The lowest BCUT2D eigenvalue weighted by Gasteiger charge is -2.20. The van der Waals surface area contributed by atoms with E-state index < -0.39 is 31.3 Å². The molecule has 2 aliphatic rings. The number of nitrogens with zero attached hydrogens (tertiary/aromatic N) is 1. The Hall–Kier alpha value is -5.10. The molecule has 5 aromatic carbocycles. The van der Waals surface area contributed by atoms with Gasteiger partial charge in [-0.2, -0.15) is 0 Å². The van der Waals surface area contributed by atoms with E-state index in [9.17, 15) is 49.1 Å². The molecular weight excluding hydrogens is 1040 g/mol. The van der Waals surface area contributed by atoms with Crippen LogP contribution >= 0.6 is 52.3 Å². The Bertz CT molecular complexity index is 2320. The van der Waals surface area contributed by atoms with Crippen LogP contribution in [0.4, 0.5) is 49.1 Å². The van der Waals surface area contributed by atoms with E-state index in [1.165, 1.54) is 77.0 Å². The summed E-state index contributed by atoms with van der Waals surface area (Å²) in [6.07, 6.45) is -15.1. The van der Waals surface area contributed by atoms with Crippen molar-refractivity contribution in [2.45, 2.75) is 60.1 Å². The molecule has 7 rings (SSSR count). The van der Waals surface area contributed by atoms with E-state index in [1.807, 2.05) is 60.7 Å². The van der Waals surface area contributed by atoms with Crippen molar-refractivity contribution in [3.8, 4) is 17.2 Å². The number of nitrogens with one attached hydrogen (secondary N) is 2. The van der Waals surface area contributed by atoms with Gasteiger partial charge < -0.3 is 39.2 Å². The summed E-state index contributed by atoms with van der Waals surface area (Å²) in [4.78, 5) is 28.0. The minimum Gasteiger partial charge on any atom is -0.445 e. The number of thioether (sulfide) groups is 3. The van der Waals surface area contributed by atoms with Gasteiger partial charge in [-0.3, -0.25) is 0 Å². The van der Waals surface area contributed by atoms with Crippen molar-refractivity contribution in [1.29, 1.82) is 0 Å². The second kappa shape index (κ2) is 27.2. The fourth-order valence-corrected chi connectivity index (χ4v) is 8.58. The maximum absolute atomic E-state index is 12.4. The van der Waals surface area contributed by atoms with Crippen LogP contribution < -0.4 is 24.8 Å². The molecule has 0 aromatic heterocycles. The molecule has 0 saturated carbocycles. The number of benzene rings is 5. The minimum atomic E-state index is -4.75. The van der Waals surface area contributed by atoms with Crippen LogP contribution in [0.5, 0.6) is 17.2 Å². The smallest absolute Gasteiger partial charge is 0.445 e. The third-order valence-corrected chi connectivity index (χ3v) is 12.0. The first-order chi connectivity index (χ1) is 31.9. The summed E-state index contributed by atoms with van der Waals surface area (Å²) >= 11 is 4.52. The Morgan fingerprint density at radius 3 is 1.71 bits per heavy atom. The summed E-state index contributed by atoms with van der Waals surface area (Å²) in [5, 5.41) is 5.75. The van der Waals surface area contributed by atoms with Gasteiger partial charge in [-0.15, -0.1) is 91.8 Å². The van der Waals surface area contributed by atoms with E-state index in [1.54, 1.807) is 23.9 Å². The third-order valence-electron chi connectivity index (χ3n) is 8.74. The molecule has 10 nitrogen and oxygen atoms in total. The number of hydrogen-bond donors (Lipinski definition) is 2. The molecule has 2 N–H and O–H groups in total. The highest BCUT2D eigenvalue weighted by molar-refractivity contribution is 8.93. The van der Waals surface area contributed by atoms with E-state index in [0.717, 1.165) is 43.7 Å². The molecule has 2 aliphatic heterocycles. The fraction of sp³-hybridized carbons (Fsp3) is 0.289. The zero-order valence-electron chi connectivity index (χ0n) is 35.5. The zero-order valence-corrected chi connectivity index (χ0v) is 39.6. The average Bonchev–Trinajstić information content (AvgIpc) is 3.65. The number of fused-ring (bicyclic) bond motifs is 2. The molecule has 0 atom stereocenters. The standard InChI is InChI=1S/C18H16F3NO3S.C17H16F3NO3S.C10H10F3NOS.BrH/c19-18(20,21)25-15-6-7-16-14(10-15)11-22(8-9-26-16)17(23)24-12-13-4-2-1-3-5-13;18-17(19,20)24-14-6-8-15(9-7-14)25-11-10-21-16(22)23-12-13-4-2-1-3-5-13;11-10(12,13)15-8-1-2-9-7(5-8)6-14-3-4-16-9;/h1-7,10H,8-9,11-12H2;1-9H,10-12H2,(H,21,22);1-2,5,14H,3-4,6H2;1H. The van der Waals surface area contributed by atoms with Gasteiger partial charge in [0.15, 0.2) is 0 Å². The highest BCUT2D eigenvalue weighted by Gasteiger charge is 2.33. The maximum atomic E-state index is 12.4. The lowest BCUT2D eigenvalue weighted by Crippen LogP contribution is -2.32. The number of amides is 2. The number of alkyl halides is 9. The second-order valence-corrected chi connectivity index (χ2v) is 17.3. The Morgan fingerprint density at radius 1 is 0.632 bits per heavy atom. The van der Waals surface area contributed by atoms with Crippen LogP contribution in [0.2, 0.25) is 0 Å². The molecule has 2 heterocycles.